The monoisotopic (exact) mass is 297 g/mol. The molecule has 0 radical (unpaired) electrons. The number of hydrogen-bond acceptors (Lipinski definition) is 3. The van der Waals surface area contributed by atoms with E-state index in [0.717, 1.165) is 32.5 Å². The van der Waals surface area contributed by atoms with Crippen molar-refractivity contribution in [3.8, 4) is 6.07 Å². The van der Waals surface area contributed by atoms with Crippen LogP contribution < -0.4 is 0 Å². The first kappa shape index (κ1) is 15.1. The van der Waals surface area contributed by atoms with Crippen molar-refractivity contribution < 1.29 is 4.79 Å². The van der Waals surface area contributed by atoms with E-state index in [2.05, 4.69) is 22.8 Å². The molecule has 0 unspecified atom stereocenters. The highest BCUT2D eigenvalue weighted by Gasteiger charge is 2.39. The molecular formula is C18H23N3O. The summed E-state index contributed by atoms with van der Waals surface area (Å²) in [6.45, 7) is 5.26. The number of nitrogens with zero attached hydrogens (tertiary/aromatic N) is 3. The van der Waals surface area contributed by atoms with Crippen molar-refractivity contribution >= 4 is 5.91 Å². The summed E-state index contributed by atoms with van der Waals surface area (Å²) in [5, 5.41) is 9.02. The van der Waals surface area contributed by atoms with E-state index < -0.39 is 0 Å². The molecule has 2 fully saturated rings. The van der Waals surface area contributed by atoms with Crippen molar-refractivity contribution in [3.05, 3.63) is 35.4 Å². The van der Waals surface area contributed by atoms with Gasteiger partial charge in [0.25, 0.3) is 5.91 Å². The number of likely N-dealkylation sites (N-methyl/N-ethyl adjacent to an activating group) is 1. The van der Waals surface area contributed by atoms with Gasteiger partial charge in [-0.05, 0) is 57.0 Å². The third-order valence-electron chi connectivity index (χ3n) is 5.06. The highest BCUT2D eigenvalue weighted by Crippen LogP contribution is 2.30. The number of benzene rings is 1. The predicted molar refractivity (Wildman–Crippen MR) is 85.5 cm³/mol. The van der Waals surface area contributed by atoms with Crippen LogP contribution in [-0.4, -0.2) is 47.4 Å². The van der Waals surface area contributed by atoms with E-state index in [-0.39, 0.29) is 5.91 Å². The van der Waals surface area contributed by atoms with Gasteiger partial charge in [-0.15, -0.1) is 0 Å². The second-order valence-electron chi connectivity index (χ2n) is 6.24. The molecule has 2 aliphatic heterocycles. The molecule has 0 aromatic heterocycles. The molecule has 2 atom stereocenters. The molecule has 4 nitrogen and oxygen atoms in total. The zero-order chi connectivity index (χ0) is 15.5. The summed E-state index contributed by atoms with van der Waals surface area (Å²) in [6.07, 6.45) is 4.62. The average molecular weight is 297 g/mol. The van der Waals surface area contributed by atoms with Gasteiger partial charge < -0.3 is 4.90 Å². The summed E-state index contributed by atoms with van der Waals surface area (Å²) in [7, 11) is 0. The standard InChI is InChI=1S/C18H23N3O/c1-2-20-10-4-8-16(20)17-9-5-11-21(17)18(22)15-7-3-6-14(12-15)13-19/h3,6-7,12,16-17H,2,4-5,8-11H2,1H3/t16-,17+/m1/s1. The van der Waals surface area contributed by atoms with Crippen LogP contribution in [0, 0.1) is 11.3 Å². The number of amides is 1. The van der Waals surface area contributed by atoms with Crippen LogP contribution in [0.15, 0.2) is 24.3 Å². The minimum Gasteiger partial charge on any atom is -0.334 e. The van der Waals surface area contributed by atoms with Gasteiger partial charge in [0, 0.05) is 24.2 Å². The molecule has 0 bridgehead atoms. The molecule has 1 aromatic carbocycles. The normalized spacial score (nSPS) is 25.4. The maximum atomic E-state index is 12.9. The van der Waals surface area contributed by atoms with Gasteiger partial charge in [0.15, 0.2) is 0 Å². The van der Waals surface area contributed by atoms with Crippen LogP contribution in [0.3, 0.4) is 0 Å². The zero-order valence-corrected chi connectivity index (χ0v) is 13.2. The van der Waals surface area contributed by atoms with Crippen LogP contribution in [-0.2, 0) is 0 Å². The number of nitriles is 1. The molecule has 2 aliphatic rings. The van der Waals surface area contributed by atoms with Crippen LogP contribution >= 0.6 is 0 Å². The lowest BCUT2D eigenvalue weighted by Gasteiger charge is -2.34. The van der Waals surface area contributed by atoms with Gasteiger partial charge in [-0.25, -0.2) is 0 Å². The quantitative estimate of drug-likeness (QED) is 0.861. The van der Waals surface area contributed by atoms with Gasteiger partial charge >= 0.3 is 0 Å². The van der Waals surface area contributed by atoms with Crippen molar-refractivity contribution in [2.45, 2.75) is 44.7 Å². The minimum atomic E-state index is 0.0857. The Labute approximate surface area is 132 Å². The Balaban J connectivity index is 1.80. The maximum Gasteiger partial charge on any atom is 0.254 e. The molecule has 22 heavy (non-hydrogen) atoms. The lowest BCUT2D eigenvalue weighted by Crippen LogP contribution is -2.48. The Kier molecular flexibility index (Phi) is 4.44. The van der Waals surface area contributed by atoms with Crippen molar-refractivity contribution in [1.82, 2.24) is 9.80 Å². The molecule has 1 amide bonds. The number of rotatable bonds is 3. The Morgan fingerprint density at radius 3 is 2.82 bits per heavy atom. The zero-order valence-electron chi connectivity index (χ0n) is 13.2. The highest BCUT2D eigenvalue weighted by molar-refractivity contribution is 5.95. The molecule has 1 aromatic rings. The van der Waals surface area contributed by atoms with Crippen LogP contribution in [0.5, 0.6) is 0 Å². The maximum absolute atomic E-state index is 12.9. The van der Waals surface area contributed by atoms with Crippen LogP contribution in [0.25, 0.3) is 0 Å². The third kappa shape index (κ3) is 2.74. The lowest BCUT2D eigenvalue weighted by atomic mass is 10.0. The Bertz CT molecular complexity index is 592. The summed E-state index contributed by atoms with van der Waals surface area (Å²) in [6, 6.07) is 10.0. The molecule has 2 saturated heterocycles. The van der Waals surface area contributed by atoms with E-state index in [4.69, 9.17) is 5.26 Å². The van der Waals surface area contributed by atoms with Gasteiger partial charge in [0.2, 0.25) is 0 Å². The van der Waals surface area contributed by atoms with E-state index in [1.165, 1.54) is 12.8 Å². The first-order valence-electron chi connectivity index (χ1n) is 8.29. The van der Waals surface area contributed by atoms with Crippen molar-refractivity contribution in [3.63, 3.8) is 0 Å². The summed E-state index contributed by atoms with van der Waals surface area (Å²) in [4.78, 5) is 17.4. The summed E-state index contributed by atoms with van der Waals surface area (Å²) >= 11 is 0. The van der Waals surface area contributed by atoms with Gasteiger partial charge in [-0.3, -0.25) is 9.69 Å². The van der Waals surface area contributed by atoms with E-state index in [1.54, 1.807) is 18.2 Å². The summed E-state index contributed by atoms with van der Waals surface area (Å²) < 4.78 is 0. The van der Waals surface area contributed by atoms with Gasteiger partial charge in [-0.2, -0.15) is 5.26 Å². The molecule has 3 rings (SSSR count). The number of hydrogen-bond donors (Lipinski definition) is 0. The van der Waals surface area contributed by atoms with Gasteiger partial charge in [-0.1, -0.05) is 13.0 Å². The Morgan fingerprint density at radius 1 is 1.27 bits per heavy atom. The molecule has 116 valence electrons. The fraction of sp³-hybridized carbons (Fsp3) is 0.556. The summed E-state index contributed by atoms with van der Waals surface area (Å²) in [5.41, 5.74) is 1.20. The first-order chi connectivity index (χ1) is 10.7. The van der Waals surface area contributed by atoms with E-state index >= 15 is 0 Å². The molecular weight excluding hydrogens is 274 g/mol. The van der Waals surface area contributed by atoms with Gasteiger partial charge in [0.1, 0.15) is 0 Å². The number of likely N-dealkylation sites (tertiary alicyclic amines) is 2. The van der Waals surface area contributed by atoms with Crippen LogP contribution in [0.1, 0.15) is 48.5 Å². The second kappa shape index (κ2) is 6.50. The van der Waals surface area contributed by atoms with Crippen molar-refractivity contribution in [1.29, 1.82) is 5.26 Å². The van der Waals surface area contributed by atoms with Crippen molar-refractivity contribution in [2.75, 3.05) is 19.6 Å². The van der Waals surface area contributed by atoms with Crippen molar-refractivity contribution in [2.24, 2.45) is 0 Å². The Hall–Kier alpha value is -1.86. The SMILES string of the molecule is CCN1CCC[C@@H]1[C@@H]1CCCN1C(=O)c1cccc(C#N)c1. The smallest absolute Gasteiger partial charge is 0.254 e. The number of carbonyl (C=O) groups is 1. The first-order valence-corrected chi connectivity index (χ1v) is 8.29. The van der Waals surface area contributed by atoms with E-state index in [0.29, 0.717) is 23.2 Å². The molecule has 2 heterocycles. The van der Waals surface area contributed by atoms with E-state index in [9.17, 15) is 4.79 Å². The minimum absolute atomic E-state index is 0.0857. The fourth-order valence-electron chi connectivity index (χ4n) is 4.01. The third-order valence-corrected chi connectivity index (χ3v) is 5.06. The second-order valence-corrected chi connectivity index (χ2v) is 6.24. The molecule has 0 saturated carbocycles. The summed E-state index contributed by atoms with van der Waals surface area (Å²) in [5.74, 6) is 0.0857. The molecule has 0 spiro atoms. The van der Waals surface area contributed by atoms with Crippen LogP contribution in [0.2, 0.25) is 0 Å². The predicted octanol–water partition coefficient (Wildman–Crippen LogP) is 2.65. The lowest BCUT2D eigenvalue weighted by molar-refractivity contribution is 0.0650. The van der Waals surface area contributed by atoms with Crippen LogP contribution in [0.4, 0.5) is 0 Å². The molecule has 4 heteroatoms. The van der Waals surface area contributed by atoms with E-state index in [1.807, 2.05) is 6.07 Å². The molecule has 0 N–H and O–H groups in total. The highest BCUT2D eigenvalue weighted by atomic mass is 16.2. The fourth-order valence-corrected chi connectivity index (χ4v) is 4.01. The largest absolute Gasteiger partial charge is 0.334 e. The number of carbonyl (C=O) groups excluding carboxylic acids is 1. The average Bonchev–Trinajstić information content (AvgIpc) is 3.22. The topological polar surface area (TPSA) is 47.3 Å². The Morgan fingerprint density at radius 2 is 2.05 bits per heavy atom. The molecule has 0 aliphatic carbocycles. The van der Waals surface area contributed by atoms with Gasteiger partial charge in [0.05, 0.1) is 11.6 Å².